The van der Waals surface area contributed by atoms with Crippen LogP contribution < -0.4 is 10.5 Å². The Balaban J connectivity index is 1.78. The van der Waals surface area contributed by atoms with Gasteiger partial charge in [0.1, 0.15) is 0 Å². The van der Waals surface area contributed by atoms with Gasteiger partial charge in [-0.15, -0.1) is 5.53 Å². The maximum Gasteiger partial charge on any atom is 0.0845 e. The summed E-state index contributed by atoms with van der Waals surface area (Å²) in [5, 5.41) is 4.07. The second kappa shape index (κ2) is 4.00. The summed E-state index contributed by atoms with van der Waals surface area (Å²) in [6.45, 7) is 0. The molecule has 0 saturated carbocycles. The largest absolute Gasteiger partial charge is 0.264 e. The van der Waals surface area contributed by atoms with Crippen molar-refractivity contribution in [2.45, 2.75) is 0 Å². The predicted molar refractivity (Wildman–Crippen MR) is 77.3 cm³/mol. The Labute approximate surface area is 112 Å². The van der Waals surface area contributed by atoms with Crippen molar-refractivity contribution >= 4 is 17.5 Å². The van der Waals surface area contributed by atoms with Crippen LogP contribution in [-0.2, 0) is 0 Å². The van der Waals surface area contributed by atoms with Crippen LogP contribution in [0.15, 0.2) is 67.0 Å². The van der Waals surface area contributed by atoms with Crippen LogP contribution in [0.4, 0.5) is 5.69 Å². The third-order valence-electron chi connectivity index (χ3n) is 3.40. The zero-order valence-electron chi connectivity index (χ0n) is 10.3. The third-order valence-corrected chi connectivity index (χ3v) is 3.40. The summed E-state index contributed by atoms with van der Waals surface area (Å²) in [5.74, 6) is 0. The van der Waals surface area contributed by atoms with Crippen molar-refractivity contribution in [3.8, 4) is 0 Å². The van der Waals surface area contributed by atoms with E-state index >= 15 is 0 Å². The first-order chi connectivity index (χ1) is 9.42. The van der Waals surface area contributed by atoms with Crippen LogP contribution in [0.2, 0.25) is 0 Å². The maximum absolute atomic E-state index is 3.34. The number of nitrogens with one attached hydrogen (secondary N) is 1. The van der Waals surface area contributed by atoms with Crippen molar-refractivity contribution < 1.29 is 0 Å². The number of hydrazine groups is 2. The van der Waals surface area contributed by atoms with Crippen LogP contribution in [0.1, 0.15) is 11.1 Å². The monoisotopic (exact) mass is 247 g/mol. The first-order valence-electron chi connectivity index (χ1n) is 6.31. The molecule has 0 saturated heterocycles. The summed E-state index contributed by atoms with van der Waals surface area (Å²) >= 11 is 0. The van der Waals surface area contributed by atoms with Gasteiger partial charge in [-0.2, -0.15) is 0 Å². The number of nitrogens with zero attached hydrogens (tertiary/aromatic N) is 2. The molecular formula is C16H13N3. The summed E-state index contributed by atoms with van der Waals surface area (Å²) in [5.41, 5.74) is 8.12. The summed E-state index contributed by atoms with van der Waals surface area (Å²) in [4.78, 5) is 0. The predicted octanol–water partition coefficient (Wildman–Crippen LogP) is 3.21. The summed E-state index contributed by atoms with van der Waals surface area (Å²) in [6, 6.07) is 18.7. The molecule has 2 aromatic carbocycles. The molecule has 0 atom stereocenters. The Morgan fingerprint density at radius 1 is 0.789 bits per heavy atom. The number of anilines is 1. The minimum Gasteiger partial charge on any atom is -0.264 e. The quantitative estimate of drug-likeness (QED) is 0.834. The summed E-state index contributed by atoms with van der Waals surface area (Å²) in [6.07, 6.45) is 6.29. The molecule has 92 valence electrons. The van der Waals surface area contributed by atoms with Gasteiger partial charge in [-0.1, -0.05) is 42.5 Å². The van der Waals surface area contributed by atoms with Gasteiger partial charge in [0.05, 0.1) is 11.4 Å². The molecule has 3 nitrogen and oxygen atoms in total. The minimum atomic E-state index is 1.12. The van der Waals surface area contributed by atoms with Crippen molar-refractivity contribution in [3.63, 3.8) is 0 Å². The highest BCUT2D eigenvalue weighted by atomic mass is 15.8. The first kappa shape index (κ1) is 10.4. The Morgan fingerprint density at radius 3 is 2.47 bits per heavy atom. The number of rotatable bonds is 1. The van der Waals surface area contributed by atoms with Crippen molar-refractivity contribution in [1.82, 2.24) is 10.5 Å². The zero-order valence-corrected chi connectivity index (χ0v) is 10.3. The lowest BCUT2D eigenvalue weighted by atomic mass is 10.0. The van der Waals surface area contributed by atoms with E-state index in [9.17, 15) is 0 Å². The second-order valence-corrected chi connectivity index (χ2v) is 4.59. The van der Waals surface area contributed by atoms with E-state index in [0.29, 0.717) is 0 Å². The average Bonchev–Trinajstić information content (AvgIpc) is 2.93. The number of hydrogen-bond acceptors (Lipinski definition) is 3. The molecule has 2 heterocycles. The van der Waals surface area contributed by atoms with Crippen LogP contribution >= 0.6 is 0 Å². The topological polar surface area (TPSA) is 18.5 Å². The molecule has 4 rings (SSSR count). The van der Waals surface area contributed by atoms with Gasteiger partial charge in [-0.05, 0) is 23.8 Å². The van der Waals surface area contributed by atoms with E-state index in [4.69, 9.17) is 0 Å². The number of para-hydroxylation sites is 1. The molecule has 2 aliphatic rings. The first-order valence-corrected chi connectivity index (χ1v) is 6.31. The molecule has 19 heavy (non-hydrogen) atoms. The molecule has 3 heteroatoms. The smallest absolute Gasteiger partial charge is 0.0845 e. The van der Waals surface area contributed by atoms with E-state index in [0.717, 1.165) is 5.69 Å². The molecule has 2 aliphatic heterocycles. The van der Waals surface area contributed by atoms with Gasteiger partial charge >= 0.3 is 0 Å². The van der Waals surface area contributed by atoms with E-state index in [-0.39, 0.29) is 0 Å². The minimum absolute atomic E-state index is 1.12. The van der Waals surface area contributed by atoms with E-state index in [1.165, 1.54) is 16.8 Å². The van der Waals surface area contributed by atoms with Crippen LogP contribution in [0, 0.1) is 0 Å². The Hall–Kier alpha value is -2.52. The van der Waals surface area contributed by atoms with Crippen LogP contribution in [0.25, 0.3) is 11.8 Å². The Morgan fingerprint density at radius 2 is 1.58 bits per heavy atom. The third kappa shape index (κ3) is 1.63. The number of hydrogen-bond donors (Lipinski definition) is 1. The molecule has 0 unspecified atom stereocenters. The molecule has 0 fully saturated rings. The maximum atomic E-state index is 3.34. The van der Waals surface area contributed by atoms with E-state index in [1.807, 2.05) is 28.2 Å². The molecule has 0 aliphatic carbocycles. The Bertz CT molecular complexity index is 673. The van der Waals surface area contributed by atoms with Gasteiger partial charge in [0.25, 0.3) is 0 Å². The van der Waals surface area contributed by atoms with Gasteiger partial charge in [0, 0.05) is 18.0 Å². The average molecular weight is 247 g/mol. The highest BCUT2D eigenvalue weighted by molar-refractivity contribution is 5.80. The summed E-state index contributed by atoms with van der Waals surface area (Å²) in [7, 11) is 0. The van der Waals surface area contributed by atoms with Gasteiger partial charge < -0.3 is 0 Å². The van der Waals surface area contributed by atoms with Crippen LogP contribution in [-0.4, -0.2) is 5.01 Å². The van der Waals surface area contributed by atoms with Crippen molar-refractivity contribution in [3.05, 3.63) is 78.1 Å². The Kier molecular flexibility index (Phi) is 2.19. The molecule has 0 aromatic heterocycles. The number of benzene rings is 2. The van der Waals surface area contributed by atoms with Crippen LogP contribution in [0.5, 0.6) is 0 Å². The van der Waals surface area contributed by atoms with Crippen molar-refractivity contribution in [2.75, 3.05) is 5.01 Å². The fourth-order valence-electron chi connectivity index (χ4n) is 2.45. The van der Waals surface area contributed by atoms with E-state index < -0.39 is 0 Å². The summed E-state index contributed by atoms with van der Waals surface area (Å²) < 4.78 is 0. The number of fused-ring (bicyclic) bond motifs is 3. The van der Waals surface area contributed by atoms with E-state index in [1.54, 1.807) is 0 Å². The zero-order chi connectivity index (χ0) is 12.7. The van der Waals surface area contributed by atoms with Gasteiger partial charge in [-0.25, -0.2) is 0 Å². The molecule has 2 aromatic rings. The standard InChI is InChI=1S/C16H13N3/c1-2-7-14(8-3-1)19-12-16-15-9-5-4-6-13(15)10-11-18(16)17-19/h1-12,17H. The fourth-order valence-corrected chi connectivity index (χ4v) is 2.45. The fraction of sp³-hybridized carbons (Fsp3) is 0. The van der Waals surface area contributed by atoms with Crippen molar-refractivity contribution in [2.24, 2.45) is 0 Å². The van der Waals surface area contributed by atoms with Gasteiger partial charge in [0.2, 0.25) is 0 Å². The second-order valence-electron chi connectivity index (χ2n) is 4.59. The highest BCUT2D eigenvalue weighted by Crippen LogP contribution is 2.32. The molecule has 0 radical (unpaired) electrons. The van der Waals surface area contributed by atoms with Gasteiger partial charge in [0.15, 0.2) is 0 Å². The van der Waals surface area contributed by atoms with Gasteiger partial charge in [-0.3, -0.25) is 10.0 Å². The lowest BCUT2D eigenvalue weighted by Gasteiger charge is -2.24. The molecule has 0 bridgehead atoms. The molecule has 1 N–H and O–H groups in total. The molecule has 0 amide bonds. The lowest BCUT2D eigenvalue weighted by Crippen LogP contribution is -2.37. The van der Waals surface area contributed by atoms with E-state index in [2.05, 4.69) is 60.4 Å². The molecule has 0 spiro atoms. The SMILES string of the molecule is C1=CN2NN(c3ccccc3)C=C2c2ccccc21. The van der Waals surface area contributed by atoms with Crippen LogP contribution in [0.3, 0.4) is 0 Å². The highest BCUT2D eigenvalue weighted by Gasteiger charge is 2.24. The normalized spacial score (nSPS) is 16.1. The van der Waals surface area contributed by atoms with Crippen molar-refractivity contribution in [1.29, 1.82) is 0 Å². The molecular weight excluding hydrogens is 234 g/mol. The lowest BCUT2D eigenvalue weighted by molar-refractivity contribution is 0.416.